The highest BCUT2D eigenvalue weighted by atomic mass is 14.9. The Morgan fingerprint density at radius 2 is 2.00 bits per heavy atom. The molecule has 1 aliphatic rings. The lowest BCUT2D eigenvalue weighted by Gasteiger charge is -2.12. The van der Waals surface area contributed by atoms with Gasteiger partial charge < -0.3 is 5.32 Å². The molecule has 1 aliphatic carbocycles. The van der Waals surface area contributed by atoms with Crippen molar-refractivity contribution in [3.63, 3.8) is 0 Å². The summed E-state index contributed by atoms with van der Waals surface area (Å²) in [6.45, 7) is 4.46. The Labute approximate surface area is 76.2 Å². The highest BCUT2D eigenvalue weighted by molar-refractivity contribution is 5.08. The van der Waals surface area contributed by atoms with Crippen molar-refractivity contribution in [1.82, 2.24) is 5.32 Å². The second-order valence-electron chi connectivity index (χ2n) is 3.97. The Morgan fingerprint density at radius 3 is 2.50 bits per heavy atom. The maximum absolute atomic E-state index is 3.27. The van der Waals surface area contributed by atoms with Crippen LogP contribution in [0.3, 0.4) is 0 Å². The minimum absolute atomic E-state index is 0.547. The van der Waals surface area contributed by atoms with E-state index in [1.54, 1.807) is 0 Å². The maximum atomic E-state index is 3.27. The fraction of sp³-hybridized carbons (Fsp3) is 0.818. The molecule has 0 radical (unpaired) electrons. The summed E-state index contributed by atoms with van der Waals surface area (Å²) in [6, 6.07) is 0.547. The van der Waals surface area contributed by atoms with E-state index in [1.165, 1.54) is 31.3 Å². The van der Waals surface area contributed by atoms with Crippen molar-refractivity contribution in [1.29, 1.82) is 0 Å². The lowest BCUT2D eigenvalue weighted by molar-refractivity contribution is 0.643. The molecule has 1 fully saturated rings. The molecule has 0 bridgehead atoms. The van der Waals surface area contributed by atoms with Gasteiger partial charge in [-0.15, -0.1) is 0 Å². The highest BCUT2D eigenvalue weighted by Crippen LogP contribution is 2.27. The van der Waals surface area contributed by atoms with E-state index in [2.05, 4.69) is 25.2 Å². The largest absolute Gasteiger partial charge is 0.314 e. The van der Waals surface area contributed by atoms with E-state index >= 15 is 0 Å². The molecule has 0 aromatic carbocycles. The Hall–Kier alpha value is -0.300. The monoisotopic (exact) mass is 167 g/mol. The van der Waals surface area contributed by atoms with Gasteiger partial charge in [-0.3, -0.25) is 0 Å². The van der Waals surface area contributed by atoms with Gasteiger partial charge in [-0.2, -0.15) is 0 Å². The van der Waals surface area contributed by atoms with Crippen LogP contribution in [0.1, 0.15) is 39.5 Å². The van der Waals surface area contributed by atoms with Gasteiger partial charge in [0.1, 0.15) is 0 Å². The quantitative estimate of drug-likeness (QED) is 0.637. The molecule has 1 saturated carbocycles. The van der Waals surface area contributed by atoms with Gasteiger partial charge in [0.25, 0.3) is 0 Å². The van der Waals surface area contributed by atoms with Crippen molar-refractivity contribution in [2.75, 3.05) is 7.05 Å². The standard InChI is InChI=1S/C11H21N/c1-9(10(2)12-3)8-11-6-4-5-7-11/h8,10-12H,4-7H2,1-3H3/b9-8+. The van der Waals surface area contributed by atoms with Crippen LogP contribution in [0.2, 0.25) is 0 Å². The van der Waals surface area contributed by atoms with Gasteiger partial charge >= 0.3 is 0 Å². The maximum Gasteiger partial charge on any atom is 0.0245 e. The lowest BCUT2D eigenvalue weighted by Crippen LogP contribution is -2.22. The number of allylic oxidation sites excluding steroid dienone is 1. The van der Waals surface area contributed by atoms with Crippen molar-refractivity contribution in [3.05, 3.63) is 11.6 Å². The van der Waals surface area contributed by atoms with Crippen LogP contribution in [-0.2, 0) is 0 Å². The molecule has 1 N–H and O–H groups in total. The third-order valence-electron chi connectivity index (χ3n) is 3.01. The predicted octanol–water partition coefficient (Wildman–Crippen LogP) is 2.73. The van der Waals surface area contributed by atoms with Gasteiger partial charge in [-0.1, -0.05) is 24.5 Å². The molecule has 1 nitrogen and oxygen atoms in total. The molecular weight excluding hydrogens is 146 g/mol. The van der Waals surface area contributed by atoms with E-state index in [4.69, 9.17) is 0 Å². The zero-order chi connectivity index (χ0) is 8.97. The van der Waals surface area contributed by atoms with Crippen LogP contribution < -0.4 is 5.32 Å². The van der Waals surface area contributed by atoms with Crippen molar-refractivity contribution >= 4 is 0 Å². The summed E-state index contributed by atoms with van der Waals surface area (Å²) in [5.74, 6) is 0.876. The molecular formula is C11H21N. The molecule has 0 aliphatic heterocycles. The first-order chi connectivity index (χ1) is 5.74. The topological polar surface area (TPSA) is 12.0 Å². The SMILES string of the molecule is CNC(C)/C(C)=C/C1CCCC1. The average molecular weight is 167 g/mol. The van der Waals surface area contributed by atoms with Gasteiger partial charge in [0.2, 0.25) is 0 Å². The first kappa shape index (κ1) is 9.79. The van der Waals surface area contributed by atoms with Crippen LogP contribution in [0.25, 0.3) is 0 Å². The normalized spacial score (nSPS) is 23.1. The highest BCUT2D eigenvalue weighted by Gasteiger charge is 2.13. The van der Waals surface area contributed by atoms with Crippen LogP contribution >= 0.6 is 0 Å². The molecule has 1 unspecified atom stereocenters. The number of likely N-dealkylation sites (N-methyl/N-ethyl adjacent to an activating group) is 1. The Morgan fingerprint density at radius 1 is 1.42 bits per heavy atom. The molecule has 0 amide bonds. The van der Waals surface area contributed by atoms with E-state index in [9.17, 15) is 0 Å². The van der Waals surface area contributed by atoms with Crippen molar-refractivity contribution < 1.29 is 0 Å². The van der Waals surface area contributed by atoms with Gasteiger partial charge in [0.15, 0.2) is 0 Å². The molecule has 0 aromatic rings. The Bertz CT molecular complexity index is 154. The molecule has 1 rings (SSSR count). The first-order valence-corrected chi connectivity index (χ1v) is 5.09. The second kappa shape index (κ2) is 4.66. The molecule has 0 spiro atoms. The van der Waals surface area contributed by atoms with E-state index in [-0.39, 0.29) is 0 Å². The number of hydrogen-bond donors (Lipinski definition) is 1. The smallest absolute Gasteiger partial charge is 0.0245 e. The number of nitrogens with one attached hydrogen (secondary N) is 1. The summed E-state index contributed by atoms with van der Waals surface area (Å²) in [5.41, 5.74) is 1.50. The van der Waals surface area contributed by atoms with E-state index in [1.807, 2.05) is 7.05 Å². The van der Waals surface area contributed by atoms with Crippen molar-refractivity contribution in [3.8, 4) is 0 Å². The Kier molecular flexibility index (Phi) is 3.80. The zero-order valence-corrected chi connectivity index (χ0v) is 8.56. The van der Waals surface area contributed by atoms with E-state index in [0.717, 1.165) is 5.92 Å². The van der Waals surface area contributed by atoms with Crippen molar-refractivity contribution in [2.45, 2.75) is 45.6 Å². The summed E-state index contributed by atoms with van der Waals surface area (Å²) in [6.07, 6.45) is 8.15. The van der Waals surface area contributed by atoms with Crippen LogP contribution in [0.15, 0.2) is 11.6 Å². The lowest BCUT2D eigenvalue weighted by atomic mass is 10.0. The van der Waals surface area contributed by atoms with E-state index in [0.29, 0.717) is 6.04 Å². The number of hydrogen-bond acceptors (Lipinski definition) is 1. The minimum Gasteiger partial charge on any atom is -0.314 e. The fourth-order valence-electron chi connectivity index (χ4n) is 1.87. The predicted molar refractivity (Wildman–Crippen MR) is 54.2 cm³/mol. The van der Waals surface area contributed by atoms with Crippen LogP contribution in [0.4, 0.5) is 0 Å². The third kappa shape index (κ3) is 2.63. The average Bonchev–Trinajstić information content (AvgIpc) is 2.55. The zero-order valence-electron chi connectivity index (χ0n) is 8.56. The molecule has 0 aromatic heterocycles. The summed E-state index contributed by atoms with van der Waals surface area (Å²) in [4.78, 5) is 0. The van der Waals surface area contributed by atoms with Gasteiger partial charge in [-0.25, -0.2) is 0 Å². The van der Waals surface area contributed by atoms with E-state index < -0.39 is 0 Å². The van der Waals surface area contributed by atoms with Gasteiger partial charge in [0, 0.05) is 6.04 Å². The first-order valence-electron chi connectivity index (χ1n) is 5.09. The minimum atomic E-state index is 0.547. The molecule has 70 valence electrons. The van der Waals surface area contributed by atoms with Gasteiger partial charge in [0.05, 0.1) is 0 Å². The second-order valence-corrected chi connectivity index (χ2v) is 3.97. The Balaban J connectivity index is 2.42. The molecule has 0 heterocycles. The number of rotatable bonds is 3. The van der Waals surface area contributed by atoms with Crippen LogP contribution in [0.5, 0.6) is 0 Å². The summed E-state index contributed by atoms with van der Waals surface area (Å²) < 4.78 is 0. The third-order valence-corrected chi connectivity index (χ3v) is 3.01. The van der Waals surface area contributed by atoms with Crippen LogP contribution in [0, 0.1) is 5.92 Å². The summed E-state index contributed by atoms with van der Waals surface area (Å²) >= 11 is 0. The summed E-state index contributed by atoms with van der Waals surface area (Å²) in [7, 11) is 2.02. The molecule has 0 saturated heterocycles. The fourth-order valence-corrected chi connectivity index (χ4v) is 1.87. The summed E-state index contributed by atoms with van der Waals surface area (Å²) in [5, 5.41) is 3.27. The molecule has 1 heteroatoms. The molecule has 12 heavy (non-hydrogen) atoms. The van der Waals surface area contributed by atoms with Crippen LogP contribution in [-0.4, -0.2) is 13.1 Å². The molecule has 1 atom stereocenters. The van der Waals surface area contributed by atoms with Gasteiger partial charge in [-0.05, 0) is 39.7 Å². The van der Waals surface area contributed by atoms with Crippen molar-refractivity contribution in [2.24, 2.45) is 5.92 Å².